The van der Waals surface area contributed by atoms with Gasteiger partial charge in [-0.3, -0.25) is 9.98 Å². The number of hydrogen-bond acceptors (Lipinski definition) is 11. The molecule has 5 nitrogen and oxygen atoms in total. The third-order valence-corrected chi connectivity index (χ3v) is 27.6. The van der Waals surface area contributed by atoms with Crippen LogP contribution in [0.25, 0.3) is 36.8 Å². The molecule has 7 heterocycles. The highest BCUT2D eigenvalue weighted by atomic mass is 32.2. The summed E-state index contributed by atoms with van der Waals surface area (Å²) in [6, 6.07) is 15.0. The van der Waals surface area contributed by atoms with E-state index in [1.54, 1.807) is 0 Å². The summed E-state index contributed by atoms with van der Waals surface area (Å²) in [7, 11) is 0. The zero-order valence-corrected chi connectivity index (χ0v) is 60.2. The third-order valence-electron chi connectivity index (χ3n) is 20.9. The van der Waals surface area contributed by atoms with Gasteiger partial charge in [-0.2, -0.15) is 8.75 Å². The first-order valence-electron chi connectivity index (χ1n) is 33.7. The van der Waals surface area contributed by atoms with E-state index < -0.39 is 0 Å². The molecule has 2 aliphatic rings. The highest BCUT2D eigenvalue weighted by Gasteiger charge is 2.49. The number of nitrogens with zero attached hydrogens (tertiary/aromatic N) is 5. The SMILES string of the molecule is C=C1C(c2cc3c(s2)-c2sc(-c4cnc(C(C)(CCC)c5ccc(C(C)(CC)CCCCCC)s5)c5nsnc45)cc2C3(CC(CC)CCCC)CC(CC)CCCC)=CN=C(C(C)(CC)c2ccc(C(C)(CC)CCCCCC)s2)/C1=N/SC. The summed E-state index contributed by atoms with van der Waals surface area (Å²) in [5, 5.41) is 0. The molecule has 6 unspecified atom stereocenters. The maximum atomic E-state index is 5.59. The molecule has 0 amide bonds. The van der Waals surface area contributed by atoms with Crippen LogP contribution in [0.2, 0.25) is 0 Å². The van der Waals surface area contributed by atoms with Crippen LogP contribution in [0.4, 0.5) is 0 Å². The number of aliphatic imine (C=N–C) groups is 1. The van der Waals surface area contributed by atoms with E-state index in [2.05, 4.69) is 152 Å². The minimum absolute atomic E-state index is 0.134. The van der Waals surface area contributed by atoms with Crippen LogP contribution in [-0.2, 0) is 27.1 Å². The van der Waals surface area contributed by atoms with E-state index in [1.807, 2.05) is 45.3 Å². The molecule has 6 atom stereocenters. The summed E-state index contributed by atoms with van der Waals surface area (Å²) in [6.07, 6.45) is 36.8. The van der Waals surface area contributed by atoms with Crippen molar-refractivity contribution in [2.45, 2.75) is 285 Å². The molecule has 1 aliphatic carbocycles. The summed E-state index contributed by atoms with van der Waals surface area (Å²) in [5.41, 5.74) is 11.0. The van der Waals surface area contributed by atoms with E-state index in [4.69, 9.17) is 29.7 Å². The molecule has 0 radical (unpaired) electrons. The number of hydrogen-bond donors (Lipinski definition) is 0. The van der Waals surface area contributed by atoms with Gasteiger partial charge in [0.2, 0.25) is 0 Å². The van der Waals surface area contributed by atoms with Gasteiger partial charge < -0.3 is 0 Å². The van der Waals surface area contributed by atoms with E-state index in [1.165, 1.54) is 189 Å². The van der Waals surface area contributed by atoms with Crippen LogP contribution in [0.5, 0.6) is 0 Å². The second-order valence-electron chi connectivity index (χ2n) is 26.7. The van der Waals surface area contributed by atoms with Gasteiger partial charge in [-0.1, -0.05) is 199 Å². The fourth-order valence-corrected chi connectivity index (χ4v) is 21.0. The molecular formula is C74H107N5S6. The molecule has 0 aromatic carbocycles. The van der Waals surface area contributed by atoms with Crippen LogP contribution >= 0.6 is 69.0 Å². The fourth-order valence-electron chi connectivity index (χ4n) is 14.4. The number of pyridine rings is 1. The second kappa shape index (κ2) is 30.2. The van der Waals surface area contributed by atoms with Gasteiger partial charge in [0.25, 0.3) is 0 Å². The minimum atomic E-state index is -0.313. The summed E-state index contributed by atoms with van der Waals surface area (Å²) in [6.45, 7) is 38.5. The van der Waals surface area contributed by atoms with Gasteiger partial charge in [-0.05, 0) is 137 Å². The number of thiophene rings is 4. The van der Waals surface area contributed by atoms with Gasteiger partial charge in [0.1, 0.15) is 16.7 Å². The Morgan fingerprint density at radius 1 is 0.576 bits per heavy atom. The fraction of sp³-hybridized carbons (Fsp3) is 0.635. The maximum absolute atomic E-state index is 5.59. The molecule has 6 aromatic rings. The van der Waals surface area contributed by atoms with E-state index in [0.717, 1.165) is 89.8 Å². The predicted octanol–water partition coefficient (Wildman–Crippen LogP) is 25.3. The summed E-state index contributed by atoms with van der Waals surface area (Å²) in [5.74, 6) is 1.23. The Kier molecular flexibility index (Phi) is 24.1. The first-order valence-corrected chi connectivity index (χ1v) is 38.9. The normalized spacial score (nSPS) is 19.3. The lowest BCUT2D eigenvalue weighted by Gasteiger charge is -2.38. The van der Waals surface area contributed by atoms with Crippen molar-refractivity contribution in [3.63, 3.8) is 0 Å². The van der Waals surface area contributed by atoms with Gasteiger partial charge in [-0.15, -0.1) is 45.3 Å². The number of unbranched alkanes of at least 4 members (excludes halogenated alkanes) is 8. The zero-order valence-electron chi connectivity index (χ0n) is 55.3. The quantitative estimate of drug-likeness (QED) is 0.0290. The molecule has 464 valence electrons. The Hall–Kier alpha value is -3.06. The molecule has 1 aliphatic heterocycles. The van der Waals surface area contributed by atoms with Gasteiger partial charge >= 0.3 is 0 Å². The number of aromatic nitrogens is 3. The van der Waals surface area contributed by atoms with Gasteiger partial charge in [0, 0.05) is 101 Å². The summed E-state index contributed by atoms with van der Waals surface area (Å²) in [4.78, 5) is 22.4. The molecule has 0 fully saturated rings. The average molecular weight is 1260 g/mol. The number of allylic oxidation sites excluding steroid dienone is 2. The Labute approximate surface area is 540 Å². The Bertz CT molecular complexity index is 3230. The largest absolute Gasteiger partial charge is 0.257 e. The van der Waals surface area contributed by atoms with Crippen LogP contribution in [-0.4, -0.2) is 31.4 Å². The first-order chi connectivity index (χ1) is 41.0. The van der Waals surface area contributed by atoms with Crippen molar-refractivity contribution < 1.29 is 0 Å². The van der Waals surface area contributed by atoms with E-state index in [0.29, 0.717) is 11.8 Å². The van der Waals surface area contributed by atoms with Crippen molar-refractivity contribution in [1.29, 1.82) is 0 Å². The van der Waals surface area contributed by atoms with E-state index >= 15 is 0 Å². The summed E-state index contributed by atoms with van der Waals surface area (Å²) >= 11 is 10.9. The maximum Gasteiger partial charge on any atom is 0.127 e. The molecule has 0 spiro atoms. The van der Waals surface area contributed by atoms with Crippen molar-refractivity contribution in [2.75, 3.05) is 6.26 Å². The lowest BCUT2D eigenvalue weighted by atomic mass is 9.65. The topological polar surface area (TPSA) is 63.4 Å². The van der Waals surface area contributed by atoms with Crippen molar-refractivity contribution in [3.05, 3.63) is 102 Å². The molecule has 0 bridgehead atoms. The standard InChI is InChI=1S/C74H107N5S6/c1-17-27-31-33-42-70(12,24-8)59-37-39-61(83-59)72(14,26-10)68-63(77-80-16)50(11)53(48-75-68)57-44-55-66(81-57)67-56(74(55,46-51(22-6)35-29-19-3)47-52(23-7)36-30-20-4)45-58(82-67)54-49-76-69(65-64(54)78-85-79-65)73(15,41-21-5)62-40-38-60(84-62)71(13,25-9)43-34-32-28-18-2/h37-40,44-45,48-49,51-52H,11,17-36,41-43,46-47H2,1-10,12-16H3/b77-63+. The second-order valence-corrected chi connectivity index (χ2v) is 32.0. The van der Waals surface area contributed by atoms with E-state index in [9.17, 15) is 0 Å². The molecule has 8 rings (SSSR count). The average Bonchev–Trinajstić information content (AvgIpc) is 1.58. The van der Waals surface area contributed by atoms with Crippen LogP contribution in [0.3, 0.4) is 0 Å². The lowest BCUT2D eigenvalue weighted by Crippen LogP contribution is -2.39. The number of rotatable bonds is 36. The van der Waals surface area contributed by atoms with Crippen LogP contribution in [0, 0.1) is 11.8 Å². The lowest BCUT2D eigenvalue weighted by molar-refractivity contribution is 0.266. The van der Waals surface area contributed by atoms with Gasteiger partial charge in [0.15, 0.2) is 0 Å². The van der Waals surface area contributed by atoms with Crippen molar-refractivity contribution in [3.8, 4) is 20.2 Å². The monoisotopic (exact) mass is 1260 g/mol. The van der Waals surface area contributed by atoms with Crippen LogP contribution in [0.15, 0.2) is 70.3 Å². The third kappa shape index (κ3) is 13.8. The van der Waals surface area contributed by atoms with Crippen molar-refractivity contribution >= 4 is 97.1 Å². The Morgan fingerprint density at radius 2 is 1.09 bits per heavy atom. The van der Waals surface area contributed by atoms with Gasteiger partial charge in [-0.25, -0.2) is 4.40 Å². The minimum Gasteiger partial charge on any atom is -0.257 e. The number of fused-ring (bicyclic) bond motifs is 4. The molecule has 0 saturated carbocycles. The van der Waals surface area contributed by atoms with Crippen molar-refractivity contribution in [1.82, 2.24) is 13.7 Å². The molecular weight excluding hydrogens is 1150 g/mol. The Balaban J connectivity index is 1.26. The molecule has 6 aromatic heterocycles. The molecule has 0 N–H and O–H groups in total. The zero-order chi connectivity index (χ0) is 61.2. The highest BCUT2D eigenvalue weighted by molar-refractivity contribution is 7.97. The molecule has 0 saturated heterocycles. The Morgan fingerprint density at radius 3 is 1.60 bits per heavy atom. The highest BCUT2D eigenvalue weighted by Crippen LogP contribution is 2.63. The van der Waals surface area contributed by atoms with Gasteiger partial charge in [0.05, 0.1) is 23.1 Å². The van der Waals surface area contributed by atoms with Crippen LogP contribution in [0.1, 0.15) is 299 Å². The summed E-state index contributed by atoms with van der Waals surface area (Å²) < 4.78 is 15.7. The molecule has 85 heavy (non-hydrogen) atoms. The van der Waals surface area contributed by atoms with Crippen molar-refractivity contribution in [2.24, 2.45) is 21.2 Å². The predicted molar refractivity (Wildman–Crippen MR) is 384 cm³/mol. The molecule has 11 heteroatoms. The van der Waals surface area contributed by atoms with E-state index in [-0.39, 0.29) is 27.1 Å². The first kappa shape index (κ1) is 67.9. The van der Waals surface area contributed by atoms with Crippen LogP contribution < -0.4 is 0 Å². The smallest absolute Gasteiger partial charge is 0.127 e.